The molecule has 2 aromatic rings. The fourth-order valence-corrected chi connectivity index (χ4v) is 4.80. The van der Waals surface area contributed by atoms with Gasteiger partial charge in [-0.15, -0.1) is 0 Å². The van der Waals surface area contributed by atoms with E-state index in [4.69, 9.17) is 30.8 Å². The average Bonchev–Trinajstić information content (AvgIpc) is 3.41. The molecule has 0 N–H and O–H groups in total. The summed E-state index contributed by atoms with van der Waals surface area (Å²) in [4.78, 5) is 7.60. The van der Waals surface area contributed by atoms with Crippen LogP contribution in [-0.4, -0.2) is 48.4 Å². The van der Waals surface area contributed by atoms with Crippen molar-refractivity contribution in [1.82, 2.24) is 14.5 Å². The summed E-state index contributed by atoms with van der Waals surface area (Å²) in [5.41, 5.74) is 3.68. The smallest absolute Gasteiger partial charge is 0.162 e. The van der Waals surface area contributed by atoms with E-state index in [2.05, 4.69) is 23.3 Å². The van der Waals surface area contributed by atoms with E-state index in [1.54, 1.807) is 14.2 Å². The van der Waals surface area contributed by atoms with Crippen LogP contribution in [0.15, 0.2) is 12.1 Å². The molecule has 2 aliphatic heterocycles. The molecule has 0 aliphatic carbocycles. The largest absolute Gasteiger partial charge is 0.493 e. The molecule has 3 heterocycles. The second kappa shape index (κ2) is 9.80. The van der Waals surface area contributed by atoms with Crippen LogP contribution in [0.25, 0.3) is 0 Å². The number of fused-ring (bicyclic) bond motifs is 1. The molecule has 0 bridgehead atoms. The van der Waals surface area contributed by atoms with Gasteiger partial charge in [-0.3, -0.25) is 4.90 Å². The van der Waals surface area contributed by atoms with E-state index < -0.39 is 0 Å². The lowest BCUT2D eigenvalue weighted by Gasteiger charge is -2.30. The minimum atomic E-state index is 0.429. The summed E-state index contributed by atoms with van der Waals surface area (Å²) in [6, 6.07) is 3.84. The Hall–Kier alpha value is -1.76. The minimum absolute atomic E-state index is 0.429. The Morgan fingerprint density at radius 3 is 2.65 bits per heavy atom. The highest BCUT2D eigenvalue weighted by Crippen LogP contribution is 2.35. The van der Waals surface area contributed by atoms with E-state index in [1.165, 1.54) is 17.2 Å². The Balaban J connectivity index is 1.57. The number of methoxy groups -OCH3 is 2. The standard InChI is InChI=1S/C24H34ClN3O3/c1-16(2)5-6-20-21-14-27(8-9-28(21)24(26-20)17-7-10-31-15-17)13-18-11-22(29-3)23(30-4)12-19(18)25/h11-12,16-17H,5-10,13-15H2,1-4H3. The van der Waals surface area contributed by atoms with E-state index in [9.17, 15) is 0 Å². The first-order valence-corrected chi connectivity index (χ1v) is 11.7. The van der Waals surface area contributed by atoms with E-state index in [-0.39, 0.29) is 0 Å². The highest BCUT2D eigenvalue weighted by atomic mass is 35.5. The fraction of sp³-hybridized carbons (Fsp3) is 0.625. The monoisotopic (exact) mass is 447 g/mol. The van der Waals surface area contributed by atoms with Crippen molar-refractivity contribution in [3.63, 3.8) is 0 Å². The second-order valence-corrected chi connectivity index (χ2v) is 9.42. The number of rotatable bonds is 8. The highest BCUT2D eigenvalue weighted by molar-refractivity contribution is 6.31. The molecule has 1 atom stereocenters. The number of imidazole rings is 1. The summed E-state index contributed by atoms with van der Waals surface area (Å²) in [7, 11) is 3.29. The van der Waals surface area contributed by atoms with Crippen LogP contribution < -0.4 is 9.47 Å². The predicted octanol–water partition coefficient (Wildman–Crippen LogP) is 4.66. The summed E-state index contributed by atoms with van der Waals surface area (Å²) in [6.45, 7) is 9.79. The Morgan fingerprint density at radius 1 is 1.19 bits per heavy atom. The highest BCUT2D eigenvalue weighted by Gasteiger charge is 2.30. The van der Waals surface area contributed by atoms with Gasteiger partial charge in [-0.2, -0.15) is 0 Å². The molecule has 2 aliphatic rings. The molecule has 1 aromatic heterocycles. The zero-order chi connectivity index (χ0) is 22.0. The van der Waals surface area contributed by atoms with Gasteiger partial charge in [0.15, 0.2) is 11.5 Å². The van der Waals surface area contributed by atoms with Crippen LogP contribution >= 0.6 is 11.6 Å². The maximum Gasteiger partial charge on any atom is 0.162 e. The molecule has 1 unspecified atom stereocenters. The molecule has 31 heavy (non-hydrogen) atoms. The van der Waals surface area contributed by atoms with Gasteiger partial charge in [-0.1, -0.05) is 25.4 Å². The van der Waals surface area contributed by atoms with Crippen LogP contribution in [0.2, 0.25) is 5.02 Å². The summed E-state index contributed by atoms with van der Waals surface area (Å²) in [5.74, 6) is 3.70. The second-order valence-electron chi connectivity index (χ2n) is 9.02. The van der Waals surface area contributed by atoms with Gasteiger partial charge in [0.25, 0.3) is 0 Å². The summed E-state index contributed by atoms with van der Waals surface area (Å²) in [6.07, 6.45) is 3.27. The first kappa shape index (κ1) is 22.4. The van der Waals surface area contributed by atoms with Crippen molar-refractivity contribution >= 4 is 11.6 Å². The normalized spacial score (nSPS) is 19.1. The first-order chi connectivity index (χ1) is 15.0. The van der Waals surface area contributed by atoms with Crippen LogP contribution in [0.3, 0.4) is 0 Å². The van der Waals surface area contributed by atoms with Gasteiger partial charge in [0, 0.05) is 49.8 Å². The maximum absolute atomic E-state index is 6.57. The number of aryl methyl sites for hydroxylation is 1. The van der Waals surface area contributed by atoms with Gasteiger partial charge in [0.2, 0.25) is 0 Å². The molecule has 6 nitrogen and oxygen atoms in total. The van der Waals surface area contributed by atoms with Crippen molar-refractivity contribution < 1.29 is 14.2 Å². The van der Waals surface area contributed by atoms with Gasteiger partial charge < -0.3 is 18.8 Å². The van der Waals surface area contributed by atoms with Crippen LogP contribution in [0.5, 0.6) is 11.5 Å². The number of hydrogen-bond donors (Lipinski definition) is 0. The van der Waals surface area contributed by atoms with Gasteiger partial charge in [0.1, 0.15) is 5.82 Å². The third-order valence-corrected chi connectivity index (χ3v) is 6.75. The van der Waals surface area contributed by atoms with Crippen LogP contribution in [0.1, 0.15) is 55.4 Å². The number of benzene rings is 1. The summed E-state index contributed by atoms with van der Waals surface area (Å²) < 4.78 is 19.0. The van der Waals surface area contributed by atoms with Crippen molar-refractivity contribution in [2.24, 2.45) is 5.92 Å². The predicted molar refractivity (Wildman–Crippen MR) is 122 cm³/mol. The molecule has 1 saturated heterocycles. The van der Waals surface area contributed by atoms with Gasteiger partial charge in [-0.25, -0.2) is 4.98 Å². The lowest BCUT2D eigenvalue weighted by atomic mass is 10.0. The lowest BCUT2D eigenvalue weighted by Crippen LogP contribution is -2.34. The third kappa shape index (κ3) is 4.86. The number of aromatic nitrogens is 2. The molecule has 170 valence electrons. The average molecular weight is 448 g/mol. The number of hydrogen-bond acceptors (Lipinski definition) is 5. The minimum Gasteiger partial charge on any atom is -0.493 e. The van der Waals surface area contributed by atoms with Gasteiger partial charge in [0.05, 0.1) is 32.2 Å². The van der Waals surface area contributed by atoms with E-state index in [0.717, 1.165) is 64.2 Å². The van der Waals surface area contributed by atoms with Crippen molar-refractivity contribution in [2.75, 3.05) is 34.0 Å². The molecule has 0 radical (unpaired) electrons. The maximum atomic E-state index is 6.57. The molecule has 1 fully saturated rings. The number of nitrogens with zero attached hydrogens (tertiary/aromatic N) is 3. The van der Waals surface area contributed by atoms with Crippen molar-refractivity contribution in [3.05, 3.63) is 39.9 Å². The summed E-state index contributed by atoms with van der Waals surface area (Å²) >= 11 is 6.57. The zero-order valence-corrected chi connectivity index (χ0v) is 19.9. The molecule has 4 rings (SSSR count). The molecule has 7 heteroatoms. The number of halogens is 1. The molecular formula is C24H34ClN3O3. The fourth-order valence-electron chi connectivity index (χ4n) is 4.58. The Bertz CT molecular complexity index is 906. The van der Waals surface area contributed by atoms with E-state index >= 15 is 0 Å². The van der Waals surface area contributed by atoms with Crippen molar-refractivity contribution in [1.29, 1.82) is 0 Å². The molecular weight excluding hydrogens is 414 g/mol. The zero-order valence-electron chi connectivity index (χ0n) is 19.1. The van der Waals surface area contributed by atoms with Crippen molar-refractivity contribution in [2.45, 2.75) is 58.7 Å². The quantitative estimate of drug-likeness (QED) is 0.588. The number of ether oxygens (including phenoxy) is 3. The Kier molecular flexibility index (Phi) is 7.09. The topological polar surface area (TPSA) is 48.8 Å². The Labute approximate surface area is 190 Å². The summed E-state index contributed by atoms with van der Waals surface area (Å²) in [5, 5.41) is 0.709. The third-order valence-electron chi connectivity index (χ3n) is 6.40. The van der Waals surface area contributed by atoms with Crippen LogP contribution in [0.4, 0.5) is 0 Å². The van der Waals surface area contributed by atoms with Gasteiger partial charge in [-0.05, 0) is 36.8 Å². The Morgan fingerprint density at radius 2 is 1.97 bits per heavy atom. The van der Waals surface area contributed by atoms with Crippen LogP contribution in [-0.2, 0) is 30.8 Å². The van der Waals surface area contributed by atoms with E-state index in [0.29, 0.717) is 28.4 Å². The molecule has 0 spiro atoms. The SMILES string of the molecule is COc1cc(Cl)c(CN2CCn3c(C4CCOC4)nc(CCC(C)C)c3C2)cc1OC. The molecule has 0 amide bonds. The molecule has 1 aromatic carbocycles. The lowest BCUT2D eigenvalue weighted by molar-refractivity contribution is 0.189. The first-order valence-electron chi connectivity index (χ1n) is 11.3. The molecule has 0 saturated carbocycles. The van der Waals surface area contributed by atoms with Gasteiger partial charge >= 0.3 is 0 Å². The van der Waals surface area contributed by atoms with Crippen LogP contribution in [0, 0.1) is 5.92 Å². The van der Waals surface area contributed by atoms with E-state index in [1.807, 2.05) is 12.1 Å². The van der Waals surface area contributed by atoms with Crippen molar-refractivity contribution in [3.8, 4) is 11.5 Å².